The predicted molar refractivity (Wildman–Crippen MR) is 167 cm³/mol. The molecule has 12 nitrogen and oxygen atoms in total. The molecule has 2 aliphatic heterocycles. The molecule has 0 radical (unpaired) electrons. The number of rotatable bonds is 8. The minimum atomic E-state index is -0.982. The maximum Gasteiger partial charge on any atom is 0.246 e. The summed E-state index contributed by atoms with van der Waals surface area (Å²) in [4.78, 5) is 57.8. The summed E-state index contributed by atoms with van der Waals surface area (Å²) in [6.07, 6.45) is -0.0329. The highest BCUT2D eigenvalue weighted by atomic mass is 16.5. The molecule has 2 aromatic carbocycles. The third-order valence-electron chi connectivity index (χ3n) is 8.55. The summed E-state index contributed by atoms with van der Waals surface area (Å²) in [5.41, 5.74) is 1.64. The number of aliphatic hydroxyl groups is 1. The zero-order chi connectivity index (χ0) is 32.5. The quantitative estimate of drug-likeness (QED) is 0.338. The number of fused-ring (bicyclic) bond motifs is 1. The highest BCUT2D eigenvalue weighted by Gasteiger charge is 2.43. The van der Waals surface area contributed by atoms with Crippen molar-refractivity contribution in [3.05, 3.63) is 59.7 Å². The van der Waals surface area contributed by atoms with Crippen LogP contribution in [0, 0.1) is 5.92 Å². The Morgan fingerprint density at radius 2 is 1.73 bits per heavy atom. The molecule has 2 aliphatic rings. The topological polar surface area (TPSA) is 150 Å². The molecule has 2 saturated heterocycles. The molecule has 0 saturated carbocycles. The molecular weight excluding hydrogens is 578 g/mol. The lowest BCUT2D eigenvalue weighted by Gasteiger charge is -2.32. The number of para-hydroxylation sites is 1. The van der Waals surface area contributed by atoms with Gasteiger partial charge >= 0.3 is 0 Å². The Morgan fingerprint density at radius 1 is 0.978 bits per heavy atom. The monoisotopic (exact) mass is 623 g/mol. The second-order valence-corrected chi connectivity index (χ2v) is 11.7. The Morgan fingerprint density at radius 3 is 2.42 bits per heavy atom. The molecule has 0 bridgehead atoms. The number of aliphatic hydroxyl groups excluding tert-OH is 1. The van der Waals surface area contributed by atoms with E-state index < -0.39 is 36.0 Å². The van der Waals surface area contributed by atoms with Crippen molar-refractivity contribution in [2.45, 2.75) is 63.9 Å². The molecule has 2 heterocycles. The molecule has 4 amide bonds. The molecule has 4 rings (SSSR count). The first-order chi connectivity index (χ1) is 21.6. The second-order valence-electron chi connectivity index (χ2n) is 11.7. The molecule has 12 heteroatoms. The van der Waals surface area contributed by atoms with E-state index in [-0.39, 0.29) is 50.2 Å². The van der Waals surface area contributed by atoms with E-state index in [9.17, 15) is 24.3 Å². The first-order valence-electron chi connectivity index (χ1n) is 15.5. The average Bonchev–Trinajstić information content (AvgIpc) is 3.44. The molecule has 0 aliphatic carbocycles. The fourth-order valence-electron chi connectivity index (χ4n) is 5.91. The first kappa shape index (κ1) is 33.7. The minimum absolute atomic E-state index is 0.0363. The highest BCUT2D eigenvalue weighted by Crippen LogP contribution is 2.31. The van der Waals surface area contributed by atoms with E-state index in [1.54, 1.807) is 20.3 Å². The van der Waals surface area contributed by atoms with Crippen LogP contribution < -0.4 is 25.4 Å². The van der Waals surface area contributed by atoms with Crippen molar-refractivity contribution in [3.8, 4) is 11.5 Å². The third-order valence-corrected chi connectivity index (χ3v) is 8.55. The van der Waals surface area contributed by atoms with Crippen LogP contribution in [-0.2, 0) is 32.1 Å². The Bertz CT molecular complexity index is 1340. The van der Waals surface area contributed by atoms with Gasteiger partial charge in [-0.3, -0.25) is 24.1 Å². The predicted octanol–water partition coefficient (Wildman–Crippen LogP) is 0.856. The van der Waals surface area contributed by atoms with E-state index in [2.05, 4.69) is 16.0 Å². The van der Waals surface area contributed by atoms with Crippen LogP contribution in [0.15, 0.2) is 48.5 Å². The Kier molecular flexibility index (Phi) is 11.8. The summed E-state index contributed by atoms with van der Waals surface area (Å²) in [6, 6.07) is 12.0. The summed E-state index contributed by atoms with van der Waals surface area (Å²) in [7, 11) is 3.10. The lowest BCUT2D eigenvalue weighted by Crippen LogP contribution is -2.58. The van der Waals surface area contributed by atoms with Gasteiger partial charge in [0.05, 0.1) is 26.9 Å². The number of nitrogens with zero attached hydrogens (tertiary/aromatic N) is 2. The van der Waals surface area contributed by atoms with Gasteiger partial charge in [-0.25, -0.2) is 0 Å². The fourth-order valence-corrected chi connectivity index (χ4v) is 5.91. The van der Waals surface area contributed by atoms with Crippen molar-refractivity contribution in [2.75, 3.05) is 40.4 Å². The normalized spacial score (nSPS) is 24.4. The lowest BCUT2D eigenvalue weighted by molar-refractivity contribution is -0.143. The van der Waals surface area contributed by atoms with Gasteiger partial charge in [0.1, 0.15) is 18.1 Å². The van der Waals surface area contributed by atoms with Gasteiger partial charge in [-0.2, -0.15) is 0 Å². The summed E-state index contributed by atoms with van der Waals surface area (Å²) in [5.74, 6) is -0.868. The number of benzene rings is 2. The summed E-state index contributed by atoms with van der Waals surface area (Å²) >= 11 is 0. The van der Waals surface area contributed by atoms with Gasteiger partial charge in [0.25, 0.3) is 0 Å². The summed E-state index contributed by atoms with van der Waals surface area (Å²) in [6.45, 7) is 4.49. The number of nitrogens with one attached hydrogen (secondary N) is 3. The van der Waals surface area contributed by atoms with Gasteiger partial charge in [0, 0.05) is 44.6 Å². The van der Waals surface area contributed by atoms with Gasteiger partial charge in [0.2, 0.25) is 23.6 Å². The Balaban J connectivity index is 1.67. The summed E-state index contributed by atoms with van der Waals surface area (Å²) < 4.78 is 11.1. The zero-order valence-electron chi connectivity index (χ0n) is 26.5. The average molecular weight is 624 g/mol. The van der Waals surface area contributed by atoms with Gasteiger partial charge in [-0.15, -0.1) is 0 Å². The second kappa shape index (κ2) is 15.7. The van der Waals surface area contributed by atoms with Crippen LogP contribution in [0.4, 0.5) is 0 Å². The van der Waals surface area contributed by atoms with E-state index >= 15 is 0 Å². The molecule has 0 aromatic heterocycles. The lowest BCUT2D eigenvalue weighted by atomic mass is 9.97. The maximum absolute atomic E-state index is 14.0. The Hall–Kier alpha value is -4.16. The van der Waals surface area contributed by atoms with E-state index in [0.29, 0.717) is 31.0 Å². The number of hydrogen-bond donors (Lipinski definition) is 4. The van der Waals surface area contributed by atoms with E-state index in [4.69, 9.17) is 9.47 Å². The number of amides is 4. The molecular formula is C33H45N5O7. The van der Waals surface area contributed by atoms with Crippen LogP contribution in [0.25, 0.3) is 0 Å². The van der Waals surface area contributed by atoms with Gasteiger partial charge in [-0.05, 0) is 17.5 Å². The maximum atomic E-state index is 14.0. The van der Waals surface area contributed by atoms with Crippen LogP contribution in [0.3, 0.4) is 0 Å². The molecule has 0 unspecified atom stereocenters. The van der Waals surface area contributed by atoms with Crippen molar-refractivity contribution in [3.63, 3.8) is 0 Å². The van der Waals surface area contributed by atoms with E-state index in [0.717, 1.165) is 11.1 Å². The smallest absolute Gasteiger partial charge is 0.246 e. The SMILES string of the molecule is CC[C@H](C)[C@@H]1NC(=O)CN(Cc2cccc(OC)c2OC)CCNC(=O)[C@H](Cc2ccccc2)NC(=O)[C@@H]2C[C@@H](O)CN2C1=O. The van der Waals surface area contributed by atoms with Crippen LogP contribution in [-0.4, -0.2) is 103 Å². The van der Waals surface area contributed by atoms with E-state index in [1.807, 2.05) is 61.2 Å². The van der Waals surface area contributed by atoms with Crippen LogP contribution >= 0.6 is 0 Å². The first-order valence-corrected chi connectivity index (χ1v) is 15.5. The van der Waals surface area contributed by atoms with Crippen LogP contribution in [0.2, 0.25) is 0 Å². The van der Waals surface area contributed by atoms with Gasteiger partial charge in [0.15, 0.2) is 11.5 Å². The number of hydrogen-bond acceptors (Lipinski definition) is 8. The van der Waals surface area contributed by atoms with Gasteiger partial charge in [-0.1, -0.05) is 62.7 Å². The van der Waals surface area contributed by atoms with Gasteiger partial charge < -0.3 is 35.4 Å². The minimum Gasteiger partial charge on any atom is -0.493 e. The number of methoxy groups -OCH3 is 2. The number of carbonyl (C=O) groups is 4. The number of ether oxygens (including phenoxy) is 2. The highest BCUT2D eigenvalue weighted by molar-refractivity contribution is 5.95. The third kappa shape index (κ3) is 8.52. The molecule has 45 heavy (non-hydrogen) atoms. The molecule has 2 aromatic rings. The standard InChI is InChI=1S/C33H45N5O7/c1-5-21(2)29-33(43)38-19-24(39)17-26(38)32(42)35-25(16-22-10-7-6-8-11-22)31(41)34-14-15-37(20-28(40)36-29)18-23-12-9-13-27(44-3)30(23)45-4/h6-13,21,24-26,29,39H,5,14-20H2,1-4H3,(H,34,41)(H,35,42)(H,36,40)/t21-,24+,25-,26-,29-/m0/s1. The van der Waals surface area contributed by atoms with Crippen molar-refractivity contribution in [2.24, 2.45) is 5.92 Å². The van der Waals surface area contributed by atoms with Crippen LogP contribution in [0.1, 0.15) is 37.8 Å². The summed E-state index contributed by atoms with van der Waals surface area (Å²) in [5, 5.41) is 19.2. The van der Waals surface area contributed by atoms with E-state index in [1.165, 1.54) is 4.90 Å². The molecule has 4 N–H and O–H groups in total. The molecule has 2 fully saturated rings. The zero-order valence-corrected chi connectivity index (χ0v) is 26.5. The van der Waals surface area contributed by atoms with Crippen molar-refractivity contribution < 1.29 is 33.8 Å². The van der Waals surface area contributed by atoms with Crippen LogP contribution in [0.5, 0.6) is 11.5 Å². The molecule has 0 spiro atoms. The fraction of sp³-hybridized carbons (Fsp3) is 0.515. The number of carbonyl (C=O) groups excluding carboxylic acids is 4. The largest absolute Gasteiger partial charge is 0.493 e. The Labute approximate surface area is 264 Å². The van der Waals surface area contributed by atoms with Crippen molar-refractivity contribution >= 4 is 23.6 Å². The van der Waals surface area contributed by atoms with Crippen molar-refractivity contribution in [1.82, 2.24) is 25.8 Å². The van der Waals surface area contributed by atoms with Crippen molar-refractivity contribution in [1.29, 1.82) is 0 Å². The molecule has 5 atom stereocenters. The molecule has 244 valence electrons.